The van der Waals surface area contributed by atoms with Gasteiger partial charge in [0.2, 0.25) is 0 Å². The lowest BCUT2D eigenvalue weighted by Gasteiger charge is -2.07. The van der Waals surface area contributed by atoms with Crippen molar-refractivity contribution in [1.29, 1.82) is 0 Å². The molecule has 2 N–H and O–H groups in total. The number of nitrogens with one attached hydrogen (secondary N) is 1. The molecular weight excluding hydrogens is 344 g/mol. The van der Waals surface area contributed by atoms with Gasteiger partial charge in [0.25, 0.3) is 5.91 Å². The number of amides is 1. The number of carbonyl (C=O) groups is 2. The normalized spacial score (nSPS) is 11.9. The van der Waals surface area contributed by atoms with Crippen molar-refractivity contribution in [2.75, 3.05) is 6.61 Å². The number of hydrogen-bond acceptors (Lipinski definition) is 5. The highest BCUT2D eigenvalue weighted by molar-refractivity contribution is 9.11. The van der Waals surface area contributed by atoms with Gasteiger partial charge in [0, 0.05) is 5.56 Å². The predicted molar refractivity (Wildman–Crippen MR) is 79.7 cm³/mol. The van der Waals surface area contributed by atoms with Gasteiger partial charge >= 0.3 is 0 Å². The molecule has 0 aliphatic rings. The molecule has 1 heterocycles. The second-order valence-electron chi connectivity index (χ2n) is 3.91. The molecule has 0 fully saturated rings. The van der Waals surface area contributed by atoms with E-state index in [2.05, 4.69) is 26.2 Å². The fraction of sp³-hybridized carbons (Fsp3) is 0.154. The molecule has 0 aliphatic carbocycles. The fourth-order valence-electron chi connectivity index (χ4n) is 1.51. The van der Waals surface area contributed by atoms with Crippen molar-refractivity contribution in [3.05, 3.63) is 39.8 Å². The van der Waals surface area contributed by atoms with Gasteiger partial charge in [-0.2, -0.15) is 0 Å². The van der Waals surface area contributed by atoms with Crippen molar-refractivity contribution in [3.63, 3.8) is 0 Å². The summed E-state index contributed by atoms with van der Waals surface area (Å²) in [6, 6.07) is 8.55. The van der Waals surface area contributed by atoms with Crippen molar-refractivity contribution in [2.24, 2.45) is 0 Å². The predicted octanol–water partition coefficient (Wildman–Crippen LogP) is 1.86. The Kier molecular flexibility index (Phi) is 4.99. The topological polar surface area (TPSA) is 79.3 Å². The highest BCUT2D eigenvalue weighted by atomic mass is 79.9. The van der Waals surface area contributed by atoms with Crippen LogP contribution in [0.3, 0.4) is 0 Å². The lowest BCUT2D eigenvalue weighted by molar-refractivity contribution is -0.110. The van der Waals surface area contributed by atoms with Gasteiger partial charge in [-0.05, 0) is 15.9 Å². The van der Waals surface area contributed by atoms with E-state index in [4.69, 9.17) is 5.11 Å². The van der Waals surface area contributed by atoms with Crippen LogP contribution in [-0.4, -0.2) is 34.9 Å². The summed E-state index contributed by atoms with van der Waals surface area (Å²) in [6.07, 6.45) is 0.482. The van der Waals surface area contributed by atoms with Gasteiger partial charge in [-0.3, -0.25) is 4.79 Å². The molecule has 0 radical (unpaired) electrons. The number of hydrogen-bond donors (Lipinski definition) is 2. The summed E-state index contributed by atoms with van der Waals surface area (Å²) < 4.78 is 0.580. The van der Waals surface area contributed by atoms with Gasteiger partial charge in [-0.25, -0.2) is 4.98 Å². The van der Waals surface area contributed by atoms with Crippen LogP contribution in [0.4, 0.5) is 0 Å². The molecule has 1 unspecified atom stereocenters. The summed E-state index contributed by atoms with van der Waals surface area (Å²) >= 11 is 4.63. The molecule has 1 aromatic carbocycles. The zero-order valence-corrected chi connectivity index (χ0v) is 12.6. The first-order valence-electron chi connectivity index (χ1n) is 5.74. The van der Waals surface area contributed by atoms with Crippen molar-refractivity contribution in [1.82, 2.24) is 10.3 Å². The number of thiazole rings is 1. The molecule has 0 saturated heterocycles. The second kappa shape index (κ2) is 6.74. The SMILES string of the molecule is O=CC(CO)NC(=O)c1nc(-c2ccccc2)sc1Br. The van der Waals surface area contributed by atoms with E-state index in [1.54, 1.807) is 0 Å². The summed E-state index contributed by atoms with van der Waals surface area (Å²) in [6.45, 7) is -0.442. The Hall–Kier alpha value is -1.57. The zero-order valence-electron chi connectivity index (χ0n) is 10.2. The van der Waals surface area contributed by atoms with Crippen molar-refractivity contribution in [2.45, 2.75) is 6.04 Å². The molecular formula is C13H11BrN2O3S. The maximum absolute atomic E-state index is 12.0. The van der Waals surface area contributed by atoms with Crippen molar-refractivity contribution < 1.29 is 14.7 Å². The quantitative estimate of drug-likeness (QED) is 0.803. The van der Waals surface area contributed by atoms with Gasteiger partial charge in [-0.1, -0.05) is 30.3 Å². The maximum atomic E-state index is 12.0. The van der Waals surface area contributed by atoms with Crippen LogP contribution < -0.4 is 5.32 Å². The first-order chi connectivity index (χ1) is 9.65. The number of nitrogens with zero attached hydrogens (tertiary/aromatic N) is 1. The number of aliphatic hydroxyl groups is 1. The third-order valence-electron chi connectivity index (χ3n) is 2.50. The molecule has 1 atom stereocenters. The van der Waals surface area contributed by atoms with Crippen LogP contribution in [0.15, 0.2) is 34.1 Å². The van der Waals surface area contributed by atoms with Gasteiger partial charge in [0.15, 0.2) is 5.69 Å². The van der Waals surface area contributed by atoms with E-state index >= 15 is 0 Å². The van der Waals surface area contributed by atoms with E-state index in [-0.39, 0.29) is 5.69 Å². The molecule has 0 saturated carbocycles. The average Bonchev–Trinajstić information content (AvgIpc) is 2.87. The number of rotatable bonds is 5. The van der Waals surface area contributed by atoms with Crippen molar-refractivity contribution in [3.8, 4) is 10.6 Å². The van der Waals surface area contributed by atoms with E-state index in [1.165, 1.54) is 11.3 Å². The van der Waals surface area contributed by atoms with E-state index < -0.39 is 18.6 Å². The van der Waals surface area contributed by atoms with Crippen LogP contribution >= 0.6 is 27.3 Å². The smallest absolute Gasteiger partial charge is 0.272 e. The van der Waals surface area contributed by atoms with Crippen LogP contribution in [-0.2, 0) is 4.79 Å². The van der Waals surface area contributed by atoms with E-state index in [0.29, 0.717) is 15.1 Å². The molecule has 0 bridgehead atoms. The number of halogens is 1. The Balaban J connectivity index is 2.24. The van der Waals surface area contributed by atoms with Crippen LogP contribution in [0.25, 0.3) is 10.6 Å². The molecule has 7 heteroatoms. The molecule has 0 spiro atoms. The minimum atomic E-state index is -0.920. The second-order valence-corrected chi connectivity index (χ2v) is 6.22. The Morgan fingerprint density at radius 3 is 2.75 bits per heavy atom. The number of carbonyl (C=O) groups excluding carboxylic acids is 2. The van der Waals surface area contributed by atoms with Gasteiger partial charge in [0.1, 0.15) is 21.1 Å². The minimum absolute atomic E-state index is 0.203. The molecule has 2 aromatic rings. The molecule has 1 aromatic heterocycles. The summed E-state index contributed by atoms with van der Waals surface area (Å²) in [4.78, 5) is 26.8. The first-order valence-corrected chi connectivity index (χ1v) is 7.35. The van der Waals surface area contributed by atoms with Crippen LogP contribution in [0, 0.1) is 0 Å². The van der Waals surface area contributed by atoms with Gasteiger partial charge in [-0.15, -0.1) is 11.3 Å². The standard InChI is InChI=1S/C13H11BrN2O3S/c14-11-10(12(19)15-9(6-17)7-18)16-13(20-11)8-4-2-1-3-5-8/h1-6,9,18H,7H2,(H,15,19). The Labute approximate surface area is 127 Å². The third kappa shape index (κ3) is 3.30. The van der Waals surface area contributed by atoms with Gasteiger partial charge < -0.3 is 15.2 Å². The molecule has 2 rings (SSSR count). The fourth-order valence-corrected chi connectivity index (χ4v) is 3.03. The van der Waals surface area contributed by atoms with Crippen molar-refractivity contribution >= 4 is 39.5 Å². The number of aliphatic hydroxyl groups excluding tert-OH is 1. The molecule has 104 valence electrons. The summed E-state index contributed by atoms with van der Waals surface area (Å²) in [7, 11) is 0. The van der Waals surface area contributed by atoms with Crippen LogP contribution in [0.2, 0.25) is 0 Å². The van der Waals surface area contributed by atoms with E-state index in [1.807, 2.05) is 30.3 Å². The first kappa shape index (κ1) is 14.8. The molecule has 0 aliphatic heterocycles. The summed E-state index contributed by atoms with van der Waals surface area (Å²) in [5, 5.41) is 12.0. The number of aromatic nitrogens is 1. The number of aldehydes is 1. The number of benzene rings is 1. The summed E-state index contributed by atoms with van der Waals surface area (Å²) in [5.74, 6) is -0.499. The average molecular weight is 355 g/mol. The van der Waals surface area contributed by atoms with E-state index in [9.17, 15) is 9.59 Å². The molecule has 20 heavy (non-hydrogen) atoms. The Bertz CT molecular complexity index is 615. The molecule has 1 amide bonds. The van der Waals surface area contributed by atoms with Crippen LogP contribution in [0.1, 0.15) is 10.5 Å². The molecule has 5 nitrogen and oxygen atoms in total. The summed E-state index contributed by atoms with van der Waals surface area (Å²) in [5.41, 5.74) is 1.11. The van der Waals surface area contributed by atoms with E-state index in [0.717, 1.165) is 5.56 Å². The van der Waals surface area contributed by atoms with Gasteiger partial charge in [0.05, 0.1) is 6.61 Å². The Morgan fingerprint density at radius 2 is 2.15 bits per heavy atom. The lowest BCUT2D eigenvalue weighted by Crippen LogP contribution is -2.38. The largest absolute Gasteiger partial charge is 0.394 e. The monoisotopic (exact) mass is 354 g/mol. The van der Waals surface area contributed by atoms with Crippen LogP contribution in [0.5, 0.6) is 0 Å². The lowest BCUT2D eigenvalue weighted by atomic mass is 10.2. The Morgan fingerprint density at radius 1 is 1.45 bits per heavy atom. The zero-order chi connectivity index (χ0) is 14.5. The highest BCUT2D eigenvalue weighted by Crippen LogP contribution is 2.31. The highest BCUT2D eigenvalue weighted by Gasteiger charge is 2.19. The third-order valence-corrected chi connectivity index (χ3v) is 4.25. The maximum Gasteiger partial charge on any atom is 0.272 e. The minimum Gasteiger partial charge on any atom is -0.394 e.